The number of ether oxygens (including phenoxy) is 1. The van der Waals surface area contributed by atoms with E-state index in [0.29, 0.717) is 5.75 Å². The lowest BCUT2D eigenvalue weighted by Gasteiger charge is -2.13. The minimum Gasteiger partial charge on any atom is -0.481 e. The van der Waals surface area contributed by atoms with Gasteiger partial charge in [0.15, 0.2) is 6.10 Å². The number of benzene rings is 1. The molecular weight excluding hydrogens is 201 g/mol. The first kappa shape index (κ1) is 11.5. The lowest BCUT2D eigenvalue weighted by atomic mass is 10.3. The number of hydrogen-bond donors (Lipinski definition) is 1. The Morgan fingerprint density at radius 2 is 2.00 bits per heavy atom. The number of carbonyl (C=O) groups excluding carboxylic acids is 1. The van der Waals surface area contributed by atoms with Gasteiger partial charge >= 0.3 is 0 Å². The Bertz CT molecular complexity index is 326. The average Bonchev–Trinajstić information content (AvgIpc) is 2.22. The molecule has 1 atom stereocenters. The van der Waals surface area contributed by atoms with E-state index in [1.807, 2.05) is 0 Å². The van der Waals surface area contributed by atoms with Crippen molar-refractivity contribution in [3.63, 3.8) is 0 Å². The first-order chi connectivity index (χ1) is 7.13. The van der Waals surface area contributed by atoms with Crippen LogP contribution in [0, 0.1) is 5.82 Å². The van der Waals surface area contributed by atoms with Crippen LogP contribution in [0.25, 0.3) is 0 Å². The monoisotopic (exact) mass is 213 g/mol. The summed E-state index contributed by atoms with van der Waals surface area (Å²) in [6.45, 7) is 1.57. The molecule has 15 heavy (non-hydrogen) atoms. The molecule has 0 spiro atoms. The van der Waals surface area contributed by atoms with Gasteiger partial charge in [0.25, 0.3) is 5.91 Å². The molecule has 0 bridgehead atoms. The molecule has 5 heteroatoms. The number of halogens is 1. The van der Waals surface area contributed by atoms with Crippen molar-refractivity contribution in [3.8, 4) is 5.75 Å². The smallest absolute Gasteiger partial charge is 0.284 e. The summed E-state index contributed by atoms with van der Waals surface area (Å²) in [6, 6.07) is 5.42. The van der Waals surface area contributed by atoms with E-state index in [2.05, 4.69) is 10.3 Å². The summed E-state index contributed by atoms with van der Waals surface area (Å²) in [5, 5.41) is 0. The third-order valence-corrected chi connectivity index (χ3v) is 1.70. The molecule has 1 N–H and O–H groups in total. The molecule has 1 amide bonds. The fourth-order valence-electron chi connectivity index (χ4n) is 0.954. The number of hydrogen-bond acceptors (Lipinski definition) is 3. The second-order valence-corrected chi connectivity index (χ2v) is 2.88. The van der Waals surface area contributed by atoms with Crippen molar-refractivity contribution in [3.05, 3.63) is 30.1 Å². The number of nitrogens with one attached hydrogen (secondary N) is 1. The fourth-order valence-corrected chi connectivity index (χ4v) is 0.954. The predicted octanol–water partition coefficient (Wildman–Crippen LogP) is 1.27. The topological polar surface area (TPSA) is 47.6 Å². The third-order valence-electron chi connectivity index (χ3n) is 1.70. The SMILES string of the molecule is CONC(=O)C(C)Oc1ccc(F)cc1. The van der Waals surface area contributed by atoms with Crippen LogP contribution in [0.15, 0.2) is 24.3 Å². The number of carbonyl (C=O) groups is 1. The van der Waals surface area contributed by atoms with E-state index < -0.39 is 12.0 Å². The highest BCUT2D eigenvalue weighted by Crippen LogP contribution is 2.12. The minimum atomic E-state index is -0.699. The van der Waals surface area contributed by atoms with Gasteiger partial charge in [-0.1, -0.05) is 0 Å². The Hall–Kier alpha value is -1.62. The van der Waals surface area contributed by atoms with E-state index >= 15 is 0 Å². The van der Waals surface area contributed by atoms with Gasteiger partial charge < -0.3 is 4.74 Å². The summed E-state index contributed by atoms with van der Waals surface area (Å²) in [5.41, 5.74) is 2.14. The van der Waals surface area contributed by atoms with Crippen molar-refractivity contribution in [2.24, 2.45) is 0 Å². The minimum absolute atomic E-state index is 0.351. The van der Waals surface area contributed by atoms with Gasteiger partial charge in [-0.3, -0.25) is 9.63 Å². The maximum absolute atomic E-state index is 12.5. The predicted molar refractivity (Wildman–Crippen MR) is 51.6 cm³/mol. The molecule has 0 aliphatic heterocycles. The van der Waals surface area contributed by atoms with Crippen LogP contribution in [0.1, 0.15) is 6.92 Å². The quantitative estimate of drug-likeness (QED) is 0.766. The van der Waals surface area contributed by atoms with Crippen LogP contribution in [0.4, 0.5) is 4.39 Å². The van der Waals surface area contributed by atoms with Gasteiger partial charge in [-0.15, -0.1) is 0 Å². The Morgan fingerprint density at radius 3 is 2.53 bits per heavy atom. The lowest BCUT2D eigenvalue weighted by Crippen LogP contribution is -2.35. The molecular formula is C10H12FNO3. The molecule has 82 valence electrons. The van der Waals surface area contributed by atoms with Crippen LogP contribution in [-0.2, 0) is 9.63 Å². The summed E-state index contributed by atoms with van der Waals surface area (Å²) < 4.78 is 17.8. The average molecular weight is 213 g/mol. The van der Waals surface area contributed by atoms with E-state index in [0.717, 1.165) is 0 Å². The summed E-state index contributed by atoms with van der Waals surface area (Å²) in [7, 11) is 1.34. The molecule has 0 radical (unpaired) electrons. The second kappa shape index (κ2) is 5.31. The van der Waals surface area contributed by atoms with Crippen molar-refractivity contribution in [1.82, 2.24) is 5.48 Å². The number of amides is 1. The second-order valence-electron chi connectivity index (χ2n) is 2.88. The highest BCUT2D eigenvalue weighted by molar-refractivity contribution is 5.79. The molecule has 0 aromatic heterocycles. The van der Waals surface area contributed by atoms with Crippen molar-refractivity contribution in [1.29, 1.82) is 0 Å². The maximum Gasteiger partial charge on any atom is 0.284 e. The zero-order valence-electron chi connectivity index (χ0n) is 8.49. The first-order valence-corrected chi connectivity index (χ1v) is 4.38. The largest absolute Gasteiger partial charge is 0.481 e. The van der Waals surface area contributed by atoms with Gasteiger partial charge in [0, 0.05) is 0 Å². The van der Waals surface area contributed by atoms with E-state index in [1.54, 1.807) is 6.92 Å². The van der Waals surface area contributed by atoms with Gasteiger partial charge in [0.1, 0.15) is 11.6 Å². The highest BCUT2D eigenvalue weighted by atomic mass is 19.1. The summed E-state index contributed by atoms with van der Waals surface area (Å²) >= 11 is 0. The fraction of sp³-hybridized carbons (Fsp3) is 0.300. The highest BCUT2D eigenvalue weighted by Gasteiger charge is 2.13. The van der Waals surface area contributed by atoms with Crippen LogP contribution in [0.5, 0.6) is 5.75 Å². The normalized spacial score (nSPS) is 11.9. The molecule has 0 heterocycles. The maximum atomic E-state index is 12.5. The molecule has 0 aliphatic carbocycles. The summed E-state index contributed by atoms with van der Waals surface area (Å²) in [6.07, 6.45) is -0.699. The molecule has 4 nitrogen and oxygen atoms in total. The molecule has 1 rings (SSSR count). The van der Waals surface area contributed by atoms with Gasteiger partial charge in [-0.25, -0.2) is 9.87 Å². The molecule has 0 aliphatic rings. The Labute approximate surface area is 86.9 Å². The van der Waals surface area contributed by atoms with Gasteiger partial charge in [0.05, 0.1) is 7.11 Å². The number of hydroxylamine groups is 1. The van der Waals surface area contributed by atoms with E-state index in [-0.39, 0.29) is 5.82 Å². The number of rotatable bonds is 4. The first-order valence-electron chi connectivity index (χ1n) is 4.38. The summed E-state index contributed by atoms with van der Waals surface area (Å²) in [5.74, 6) is -0.326. The van der Waals surface area contributed by atoms with E-state index in [9.17, 15) is 9.18 Å². The van der Waals surface area contributed by atoms with Crippen LogP contribution < -0.4 is 10.2 Å². The van der Waals surface area contributed by atoms with E-state index in [1.165, 1.54) is 31.4 Å². The summed E-state index contributed by atoms with van der Waals surface area (Å²) in [4.78, 5) is 15.6. The zero-order valence-corrected chi connectivity index (χ0v) is 8.49. The Kier molecular flexibility index (Phi) is 4.05. The van der Waals surface area contributed by atoms with Gasteiger partial charge in [0.2, 0.25) is 0 Å². The standard InChI is InChI=1S/C10H12FNO3/c1-7(10(13)12-14-2)15-9-5-3-8(11)4-6-9/h3-7H,1-2H3,(H,12,13). The van der Waals surface area contributed by atoms with Gasteiger partial charge in [-0.05, 0) is 31.2 Å². The molecule has 0 saturated heterocycles. The Balaban J connectivity index is 2.54. The van der Waals surface area contributed by atoms with Crippen LogP contribution in [0.2, 0.25) is 0 Å². The zero-order chi connectivity index (χ0) is 11.3. The van der Waals surface area contributed by atoms with Crippen LogP contribution in [-0.4, -0.2) is 19.1 Å². The molecule has 1 unspecified atom stereocenters. The van der Waals surface area contributed by atoms with E-state index in [4.69, 9.17) is 4.74 Å². The van der Waals surface area contributed by atoms with Crippen LogP contribution in [0.3, 0.4) is 0 Å². The van der Waals surface area contributed by atoms with Gasteiger partial charge in [-0.2, -0.15) is 0 Å². The molecule has 1 aromatic rings. The van der Waals surface area contributed by atoms with Crippen molar-refractivity contribution in [2.75, 3.05) is 7.11 Å². The van der Waals surface area contributed by atoms with Crippen molar-refractivity contribution >= 4 is 5.91 Å². The lowest BCUT2D eigenvalue weighted by molar-refractivity contribution is -0.137. The van der Waals surface area contributed by atoms with Crippen LogP contribution >= 0.6 is 0 Å². The molecule has 1 aromatic carbocycles. The van der Waals surface area contributed by atoms with Crippen molar-refractivity contribution < 1.29 is 18.8 Å². The third kappa shape index (κ3) is 3.55. The molecule has 0 saturated carbocycles. The van der Waals surface area contributed by atoms with Crippen molar-refractivity contribution in [2.45, 2.75) is 13.0 Å². The Morgan fingerprint density at radius 1 is 1.40 bits per heavy atom. The molecule has 0 fully saturated rings.